The average Bonchev–Trinajstić information content (AvgIpc) is 2.21. The molecule has 0 radical (unpaired) electrons. The van der Waals surface area contributed by atoms with Gasteiger partial charge in [-0.3, -0.25) is 0 Å². The van der Waals surface area contributed by atoms with Crippen molar-refractivity contribution in [3.05, 3.63) is 0 Å². The summed E-state index contributed by atoms with van der Waals surface area (Å²) in [6.07, 6.45) is 8.54. The zero-order valence-corrected chi connectivity index (χ0v) is 8.40. The van der Waals surface area contributed by atoms with Crippen LogP contribution in [0.2, 0.25) is 0 Å². The predicted octanol–water partition coefficient (Wildman–Crippen LogP) is 2.71. The van der Waals surface area contributed by atoms with Crippen LogP contribution in [0.1, 0.15) is 52.4 Å². The summed E-state index contributed by atoms with van der Waals surface area (Å²) >= 11 is 0. The van der Waals surface area contributed by atoms with Crippen LogP contribution in [0.4, 0.5) is 0 Å². The molecule has 1 N–H and O–H groups in total. The molecule has 0 heterocycles. The highest BCUT2D eigenvalue weighted by molar-refractivity contribution is 4.93. The van der Waals surface area contributed by atoms with E-state index in [-0.39, 0.29) is 0 Å². The van der Waals surface area contributed by atoms with Gasteiger partial charge >= 0.3 is 0 Å². The summed E-state index contributed by atoms with van der Waals surface area (Å²) in [7, 11) is 0. The van der Waals surface area contributed by atoms with Crippen LogP contribution in [0.5, 0.6) is 0 Å². The minimum atomic E-state index is 0.565. The van der Waals surface area contributed by atoms with E-state index >= 15 is 0 Å². The molecule has 2 saturated carbocycles. The van der Waals surface area contributed by atoms with E-state index in [1.54, 1.807) is 0 Å². The van der Waals surface area contributed by atoms with Crippen molar-refractivity contribution in [3.63, 3.8) is 0 Å². The monoisotopic (exact) mass is 167 g/mol. The molecule has 12 heavy (non-hydrogen) atoms. The lowest BCUT2D eigenvalue weighted by Gasteiger charge is -2.36. The summed E-state index contributed by atoms with van der Waals surface area (Å²) in [6, 6.07) is 1.68. The lowest BCUT2D eigenvalue weighted by molar-refractivity contribution is 0.220. The van der Waals surface area contributed by atoms with Crippen LogP contribution in [0.25, 0.3) is 0 Å². The van der Waals surface area contributed by atoms with E-state index in [0.717, 1.165) is 12.1 Å². The Morgan fingerprint density at radius 2 is 1.83 bits per heavy atom. The van der Waals surface area contributed by atoms with Gasteiger partial charge < -0.3 is 5.32 Å². The van der Waals surface area contributed by atoms with E-state index in [4.69, 9.17) is 0 Å². The summed E-state index contributed by atoms with van der Waals surface area (Å²) in [5.74, 6) is 0. The first-order chi connectivity index (χ1) is 5.68. The molecular formula is C11H21N. The summed E-state index contributed by atoms with van der Waals surface area (Å²) in [6.45, 7) is 4.83. The van der Waals surface area contributed by atoms with Gasteiger partial charge in [0.2, 0.25) is 0 Å². The lowest BCUT2D eigenvalue weighted by atomic mass is 9.84. The maximum Gasteiger partial charge on any atom is 0.0121 e. The highest BCUT2D eigenvalue weighted by atomic mass is 15.0. The van der Waals surface area contributed by atoms with E-state index in [0.29, 0.717) is 5.41 Å². The molecule has 0 spiro atoms. The minimum Gasteiger partial charge on any atom is -0.311 e. The topological polar surface area (TPSA) is 12.0 Å². The second-order valence-corrected chi connectivity index (χ2v) is 5.23. The van der Waals surface area contributed by atoms with Gasteiger partial charge in [-0.1, -0.05) is 26.7 Å². The summed E-state index contributed by atoms with van der Waals surface area (Å²) in [4.78, 5) is 0. The quantitative estimate of drug-likeness (QED) is 0.667. The molecule has 1 nitrogen and oxygen atoms in total. The normalized spacial score (nSPS) is 35.0. The second-order valence-electron chi connectivity index (χ2n) is 5.23. The lowest BCUT2D eigenvalue weighted by Crippen LogP contribution is -2.46. The molecule has 1 unspecified atom stereocenters. The van der Waals surface area contributed by atoms with Gasteiger partial charge in [0.15, 0.2) is 0 Å². The van der Waals surface area contributed by atoms with E-state index < -0.39 is 0 Å². The molecule has 2 fully saturated rings. The Bertz CT molecular complexity index is 158. The molecule has 0 aromatic rings. The van der Waals surface area contributed by atoms with Crippen molar-refractivity contribution >= 4 is 0 Å². The van der Waals surface area contributed by atoms with Crippen molar-refractivity contribution in [2.45, 2.75) is 64.5 Å². The SMILES string of the molecule is CC1(C)CCCC1NC1CCC1. The molecule has 1 atom stereocenters. The Hall–Kier alpha value is -0.0400. The molecule has 2 aliphatic carbocycles. The van der Waals surface area contributed by atoms with Crippen LogP contribution in [0.3, 0.4) is 0 Å². The van der Waals surface area contributed by atoms with Crippen molar-refractivity contribution in [2.75, 3.05) is 0 Å². The molecule has 2 rings (SSSR count). The van der Waals surface area contributed by atoms with Crippen molar-refractivity contribution in [3.8, 4) is 0 Å². The molecule has 0 bridgehead atoms. The molecule has 0 aliphatic heterocycles. The van der Waals surface area contributed by atoms with Gasteiger partial charge in [0.1, 0.15) is 0 Å². The molecule has 0 saturated heterocycles. The smallest absolute Gasteiger partial charge is 0.0121 e. The Morgan fingerprint density at radius 3 is 2.25 bits per heavy atom. The highest BCUT2D eigenvalue weighted by Gasteiger charge is 2.36. The standard InChI is InChI=1S/C11H21N/c1-11(2)8-4-7-10(11)12-9-5-3-6-9/h9-10,12H,3-8H2,1-2H3. The molecule has 2 aliphatic rings. The van der Waals surface area contributed by atoms with Gasteiger partial charge in [-0.25, -0.2) is 0 Å². The number of rotatable bonds is 2. The summed E-state index contributed by atoms with van der Waals surface area (Å²) in [5, 5.41) is 3.81. The summed E-state index contributed by atoms with van der Waals surface area (Å²) in [5.41, 5.74) is 0.565. The van der Waals surface area contributed by atoms with Crippen molar-refractivity contribution in [2.24, 2.45) is 5.41 Å². The van der Waals surface area contributed by atoms with Gasteiger partial charge in [0, 0.05) is 12.1 Å². The zero-order valence-electron chi connectivity index (χ0n) is 8.40. The Balaban J connectivity index is 1.85. The molecule has 0 aromatic carbocycles. The van der Waals surface area contributed by atoms with Crippen LogP contribution in [0.15, 0.2) is 0 Å². The third kappa shape index (κ3) is 1.52. The molecule has 0 amide bonds. The fourth-order valence-corrected chi connectivity index (χ4v) is 2.50. The first-order valence-corrected chi connectivity index (χ1v) is 5.44. The first-order valence-electron chi connectivity index (χ1n) is 5.44. The average molecular weight is 167 g/mol. The highest BCUT2D eigenvalue weighted by Crippen LogP contribution is 2.38. The van der Waals surface area contributed by atoms with E-state index in [2.05, 4.69) is 19.2 Å². The number of nitrogens with one attached hydrogen (secondary N) is 1. The third-order valence-corrected chi connectivity index (χ3v) is 3.80. The van der Waals surface area contributed by atoms with Crippen LogP contribution >= 0.6 is 0 Å². The fraction of sp³-hybridized carbons (Fsp3) is 1.00. The zero-order chi connectivity index (χ0) is 8.60. The van der Waals surface area contributed by atoms with E-state index in [1.165, 1.54) is 38.5 Å². The predicted molar refractivity (Wildman–Crippen MR) is 52.2 cm³/mol. The van der Waals surface area contributed by atoms with Gasteiger partial charge in [0.05, 0.1) is 0 Å². The molecular weight excluding hydrogens is 146 g/mol. The van der Waals surface area contributed by atoms with Crippen LogP contribution in [-0.4, -0.2) is 12.1 Å². The second kappa shape index (κ2) is 3.02. The van der Waals surface area contributed by atoms with Gasteiger partial charge in [0.25, 0.3) is 0 Å². The largest absolute Gasteiger partial charge is 0.311 e. The van der Waals surface area contributed by atoms with E-state index in [1.807, 2.05) is 0 Å². The number of hydrogen-bond donors (Lipinski definition) is 1. The van der Waals surface area contributed by atoms with Gasteiger partial charge in [-0.2, -0.15) is 0 Å². The van der Waals surface area contributed by atoms with Crippen LogP contribution in [0, 0.1) is 5.41 Å². The molecule has 0 aromatic heterocycles. The van der Waals surface area contributed by atoms with Crippen molar-refractivity contribution in [1.29, 1.82) is 0 Å². The van der Waals surface area contributed by atoms with E-state index in [9.17, 15) is 0 Å². The van der Waals surface area contributed by atoms with Crippen molar-refractivity contribution < 1.29 is 0 Å². The molecule has 70 valence electrons. The Labute approximate surface area is 75.9 Å². The van der Waals surface area contributed by atoms with Crippen LogP contribution < -0.4 is 5.32 Å². The summed E-state index contributed by atoms with van der Waals surface area (Å²) < 4.78 is 0. The maximum atomic E-state index is 3.81. The van der Waals surface area contributed by atoms with Crippen LogP contribution in [-0.2, 0) is 0 Å². The third-order valence-electron chi connectivity index (χ3n) is 3.80. The van der Waals surface area contributed by atoms with Gasteiger partial charge in [-0.15, -0.1) is 0 Å². The maximum absolute atomic E-state index is 3.81. The Morgan fingerprint density at radius 1 is 1.08 bits per heavy atom. The molecule has 1 heteroatoms. The van der Waals surface area contributed by atoms with Gasteiger partial charge in [-0.05, 0) is 31.1 Å². The minimum absolute atomic E-state index is 0.565. The number of hydrogen-bond acceptors (Lipinski definition) is 1. The van der Waals surface area contributed by atoms with Crippen molar-refractivity contribution in [1.82, 2.24) is 5.32 Å². The Kier molecular flexibility index (Phi) is 2.16. The fourth-order valence-electron chi connectivity index (χ4n) is 2.50. The first kappa shape index (κ1) is 8.55.